The van der Waals surface area contributed by atoms with Crippen molar-refractivity contribution in [2.75, 3.05) is 6.61 Å². The molecule has 6 heteroatoms. The van der Waals surface area contributed by atoms with E-state index < -0.39 is 18.1 Å². The van der Waals surface area contributed by atoms with Crippen LogP contribution in [-0.2, 0) is 23.0 Å². The first-order valence-corrected chi connectivity index (χ1v) is 10.9. The summed E-state index contributed by atoms with van der Waals surface area (Å²) in [5, 5.41) is 13.3. The number of fused-ring (bicyclic) bond motifs is 4. The highest BCUT2D eigenvalue weighted by Crippen LogP contribution is 2.44. The summed E-state index contributed by atoms with van der Waals surface area (Å²) < 4.78 is 7.49. The van der Waals surface area contributed by atoms with Gasteiger partial charge in [0.05, 0.1) is 5.52 Å². The van der Waals surface area contributed by atoms with Gasteiger partial charge in [0.25, 0.3) is 0 Å². The molecule has 0 saturated carbocycles. The van der Waals surface area contributed by atoms with E-state index in [0.717, 1.165) is 38.7 Å². The summed E-state index contributed by atoms with van der Waals surface area (Å²) in [6.07, 6.45) is 1.36. The summed E-state index contributed by atoms with van der Waals surface area (Å²) in [5.74, 6) is -1.18. The van der Waals surface area contributed by atoms with Crippen LogP contribution < -0.4 is 5.32 Å². The van der Waals surface area contributed by atoms with Crippen LogP contribution in [-0.4, -0.2) is 34.4 Å². The molecular weight excluding hydrogens is 416 g/mol. The van der Waals surface area contributed by atoms with Crippen LogP contribution in [0.15, 0.2) is 79.0 Å². The number of hydrogen-bond donors (Lipinski definition) is 2. The topological polar surface area (TPSA) is 80.6 Å². The Hall–Kier alpha value is -4.06. The molecule has 1 aliphatic rings. The summed E-state index contributed by atoms with van der Waals surface area (Å²) >= 11 is 0. The maximum Gasteiger partial charge on any atom is 0.407 e. The lowest BCUT2D eigenvalue weighted by Gasteiger charge is -2.18. The van der Waals surface area contributed by atoms with Gasteiger partial charge in [-0.15, -0.1) is 0 Å². The SMILES string of the molecule is Cn1ccc2cccc(CC(NC(=O)OCC3c4ccccc4-c4ccccc43)C(=O)O)c21. The van der Waals surface area contributed by atoms with Crippen LogP contribution >= 0.6 is 0 Å². The lowest BCUT2D eigenvalue weighted by molar-refractivity contribution is -0.139. The van der Waals surface area contributed by atoms with E-state index in [2.05, 4.69) is 17.4 Å². The number of amides is 1. The fourth-order valence-corrected chi connectivity index (χ4v) is 4.81. The Balaban J connectivity index is 1.30. The number of nitrogens with one attached hydrogen (secondary N) is 1. The maximum atomic E-state index is 12.6. The number of aliphatic carboxylic acids is 1. The standard InChI is InChI=1S/C27H24N2O4/c1-29-14-13-17-7-6-8-18(25(17)29)15-24(26(30)31)28-27(32)33-16-23-21-11-4-2-9-19(21)20-10-3-5-12-22(20)23/h2-14,23-24H,15-16H2,1H3,(H,28,32)(H,30,31). The van der Waals surface area contributed by atoms with Crippen LogP contribution in [0.2, 0.25) is 0 Å². The second-order valence-electron chi connectivity index (χ2n) is 8.35. The Morgan fingerprint density at radius 3 is 2.30 bits per heavy atom. The third-order valence-corrected chi connectivity index (χ3v) is 6.34. The zero-order valence-electron chi connectivity index (χ0n) is 18.2. The summed E-state index contributed by atoms with van der Waals surface area (Å²) in [6.45, 7) is 0.138. The van der Waals surface area contributed by atoms with E-state index in [0.29, 0.717) is 0 Å². The molecule has 3 aromatic carbocycles. The minimum atomic E-state index is -1.10. The third-order valence-electron chi connectivity index (χ3n) is 6.34. The highest BCUT2D eigenvalue weighted by Gasteiger charge is 2.30. The smallest absolute Gasteiger partial charge is 0.407 e. The van der Waals surface area contributed by atoms with Gasteiger partial charge < -0.3 is 19.7 Å². The van der Waals surface area contributed by atoms with E-state index in [-0.39, 0.29) is 18.9 Å². The zero-order chi connectivity index (χ0) is 22.9. The average Bonchev–Trinajstić information content (AvgIpc) is 3.36. The van der Waals surface area contributed by atoms with E-state index in [9.17, 15) is 14.7 Å². The fraction of sp³-hybridized carbons (Fsp3) is 0.185. The first-order chi connectivity index (χ1) is 16.0. The molecule has 1 amide bonds. The van der Waals surface area contributed by atoms with E-state index in [1.165, 1.54) is 0 Å². The number of alkyl carbamates (subject to hydrolysis) is 1. The molecule has 0 spiro atoms. The highest BCUT2D eigenvalue weighted by atomic mass is 16.5. The second-order valence-corrected chi connectivity index (χ2v) is 8.35. The quantitative estimate of drug-likeness (QED) is 0.455. The number of hydrogen-bond acceptors (Lipinski definition) is 3. The first-order valence-electron chi connectivity index (χ1n) is 10.9. The molecular formula is C27H24N2O4. The Kier molecular flexibility index (Phi) is 5.34. The number of carboxylic acids is 1. The number of ether oxygens (including phenoxy) is 1. The van der Waals surface area contributed by atoms with Crippen molar-refractivity contribution >= 4 is 23.0 Å². The zero-order valence-corrected chi connectivity index (χ0v) is 18.2. The molecule has 1 unspecified atom stereocenters. The van der Waals surface area contributed by atoms with Crippen LogP contribution in [0.3, 0.4) is 0 Å². The highest BCUT2D eigenvalue weighted by molar-refractivity contribution is 5.85. The Morgan fingerprint density at radius 1 is 0.970 bits per heavy atom. The minimum Gasteiger partial charge on any atom is -0.480 e. The van der Waals surface area contributed by atoms with Crippen LogP contribution in [0.5, 0.6) is 0 Å². The van der Waals surface area contributed by atoms with Gasteiger partial charge in [0.1, 0.15) is 12.6 Å². The number of carbonyl (C=O) groups excluding carboxylic acids is 1. The van der Waals surface area contributed by atoms with E-state index in [1.807, 2.05) is 78.5 Å². The minimum absolute atomic E-state index is 0.0801. The van der Waals surface area contributed by atoms with Crippen molar-refractivity contribution in [3.63, 3.8) is 0 Å². The lowest BCUT2D eigenvalue weighted by Crippen LogP contribution is -2.43. The van der Waals surface area contributed by atoms with Crippen molar-refractivity contribution in [3.8, 4) is 11.1 Å². The van der Waals surface area contributed by atoms with Gasteiger partial charge in [-0.25, -0.2) is 9.59 Å². The Bertz CT molecular complexity index is 1310. The molecule has 33 heavy (non-hydrogen) atoms. The normalized spacial score (nSPS) is 13.4. The van der Waals surface area contributed by atoms with Crippen molar-refractivity contribution in [2.24, 2.45) is 7.05 Å². The predicted octanol–water partition coefficient (Wildman–Crippen LogP) is 4.71. The summed E-state index contributed by atoms with van der Waals surface area (Å²) in [4.78, 5) is 24.5. The van der Waals surface area contributed by atoms with Crippen molar-refractivity contribution in [1.29, 1.82) is 0 Å². The molecule has 0 aliphatic heterocycles. The molecule has 0 fully saturated rings. The number of rotatable bonds is 6. The summed E-state index contributed by atoms with van der Waals surface area (Å²) in [6, 6.07) is 22.8. The molecule has 1 heterocycles. The van der Waals surface area contributed by atoms with Crippen LogP contribution in [0.4, 0.5) is 4.79 Å². The largest absolute Gasteiger partial charge is 0.480 e. The van der Waals surface area contributed by atoms with Crippen LogP contribution in [0.1, 0.15) is 22.6 Å². The number of para-hydroxylation sites is 1. The second kappa shape index (κ2) is 8.47. The van der Waals surface area contributed by atoms with Gasteiger partial charge in [0.15, 0.2) is 0 Å². The molecule has 5 rings (SSSR count). The van der Waals surface area contributed by atoms with Gasteiger partial charge in [-0.1, -0.05) is 66.7 Å². The molecule has 1 atom stereocenters. The van der Waals surface area contributed by atoms with Gasteiger partial charge in [0.2, 0.25) is 0 Å². The van der Waals surface area contributed by atoms with Gasteiger partial charge in [-0.2, -0.15) is 0 Å². The van der Waals surface area contributed by atoms with Crippen molar-refractivity contribution in [3.05, 3.63) is 95.7 Å². The average molecular weight is 440 g/mol. The molecule has 0 radical (unpaired) electrons. The monoisotopic (exact) mass is 440 g/mol. The van der Waals surface area contributed by atoms with E-state index in [1.54, 1.807) is 0 Å². The van der Waals surface area contributed by atoms with Gasteiger partial charge in [0, 0.05) is 25.6 Å². The summed E-state index contributed by atoms with van der Waals surface area (Å²) in [5.41, 5.74) is 6.31. The molecule has 2 N–H and O–H groups in total. The van der Waals surface area contributed by atoms with Gasteiger partial charge >= 0.3 is 12.1 Å². The molecule has 0 saturated heterocycles. The maximum absolute atomic E-state index is 12.6. The number of aromatic nitrogens is 1. The van der Waals surface area contributed by atoms with Crippen molar-refractivity contribution in [2.45, 2.75) is 18.4 Å². The Morgan fingerprint density at radius 2 is 1.64 bits per heavy atom. The van der Waals surface area contributed by atoms with Gasteiger partial charge in [-0.05, 0) is 39.3 Å². The van der Waals surface area contributed by atoms with Gasteiger partial charge in [-0.3, -0.25) is 0 Å². The Labute approximate surface area is 191 Å². The molecule has 1 aromatic heterocycles. The van der Waals surface area contributed by atoms with Crippen molar-refractivity contribution < 1.29 is 19.4 Å². The fourth-order valence-electron chi connectivity index (χ4n) is 4.81. The third kappa shape index (κ3) is 3.84. The number of carbonyl (C=O) groups is 2. The number of nitrogens with zero attached hydrogens (tertiary/aromatic N) is 1. The lowest BCUT2D eigenvalue weighted by atomic mass is 9.98. The number of aryl methyl sites for hydroxylation is 1. The number of carboxylic acid groups (broad SMARTS) is 1. The molecule has 6 nitrogen and oxygen atoms in total. The number of benzene rings is 3. The molecule has 0 bridgehead atoms. The van der Waals surface area contributed by atoms with E-state index >= 15 is 0 Å². The summed E-state index contributed by atoms with van der Waals surface area (Å²) in [7, 11) is 1.92. The molecule has 1 aliphatic carbocycles. The van der Waals surface area contributed by atoms with Crippen LogP contribution in [0.25, 0.3) is 22.0 Å². The van der Waals surface area contributed by atoms with Crippen LogP contribution in [0, 0.1) is 0 Å². The first kappa shape index (κ1) is 20.8. The molecule has 166 valence electrons. The van der Waals surface area contributed by atoms with Crippen molar-refractivity contribution in [1.82, 2.24) is 9.88 Å². The van der Waals surface area contributed by atoms with E-state index in [4.69, 9.17) is 4.74 Å². The predicted molar refractivity (Wildman–Crippen MR) is 126 cm³/mol. The molecule has 4 aromatic rings.